The van der Waals surface area contributed by atoms with E-state index in [0.29, 0.717) is 12.3 Å². The van der Waals surface area contributed by atoms with Gasteiger partial charge in [0.25, 0.3) is 5.91 Å². The van der Waals surface area contributed by atoms with Gasteiger partial charge in [0.15, 0.2) is 0 Å². The third kappa shape index (κ3) is 4.57. The van der Waals surface area contributed by atoms with Crippen molar-refractivity contribution in [3.05, 3.63) is 29.8 Å². The number of rotatable bonds is 5. The van der Waals surface area contributed by atoms with Crippen LogP contribution in [0.25, 0.3) is 0 Å². The van der Waals surface area contributed by atoms with Crippen LogP contribution >= 0.6 is 11.8 Å². The molecule has 1 heterocycles. The number of halogens is 2. The molecule has 2 rings (SSSR count). The van der Waals surface area contributed by atoms with E-state index in [-0.39, 0.29) is 23.8 Å². The summed E-state index contributed by atoms with van der Waals surface area (Å²) in [4.78, 5) is 25.8. The van der Waals surface area contributed by atoms with Crippen molar-refractivity contribution in [1.82, 2.24) is 4.90 Å². The first-order valence-electron chi connectivity index (χ1n) is 7.02. The molecule has 1 saturated heterocycles. The van der Waals surface area contributed by atoms with Crippen LogP contribution in [0.4, 0.5) is 8.78 Å². The van der Waals surface area contributed by atoms with Crippen LogP contribution in [-0.2, 0) is 9.53 Å². The minimum atomic E-state index is -3.01. The maximum absolute atomic E-state index is 12.7. The molecule has 1 atom stereocenters. The molecule has 8 heteroatoms. The van der Waals surface area contributed by atoms with E-state index in [1.165, 1.54) is 30.2 Å². The number of hydrogen-bond acceptors (Lipinski definition) is 5. The van der Waals surface area contributed by atoms with Crippen molar-refractivity contribution in [3.63, 3.8) is 0 Å². The van der Waals surface area contributed by atoms with Gasteiger partial charge in [-0.05, 0) is 12.1 Å². The summed E-state index contributed by atoms with van der Waals surface area (Å²) in [5.74, 6) is 0.324. The van der Waals surface area contributed by atoms with Crippen LogP contribution in [0.5, 0.6) is 5.75 Å². The number of para-hydroxylation sites is 1. The molecule has 126 valence electrons. The van der Waals surface area contributed by atoms with Crippen molar-refractivity contribution in [2.75, 3.05) is 25.2 Å². The fourth-order valence-corrected chi connectivity index (χ4v) is 3.43. The lowest BCUT2D eigenvalue weighted by molar-refractivity contribution is -0.141. The second-order valence-corrected chi connectivity index (χ2v) is 6.03. The zero-order valence-electron chi connectivity index (χ0n) is 12.5. The fraction of sp³-hybridized carbons (Fsp3) is 0.467. The zero-order chi connectivity index (χ0) is 16.8. The first-order valence-corrected chi connectivity index (χ1v) is 8.17. The molecule has 1 amide bonds. The topological polar surface area (TPSA) is 55.8 Å². The van der Waals surface area contributed by atoms with Gasteiger partial charge >= 0.3 is 12.6 Å². The number of carbonyl (C=O) groups excluding carboxylic acids is 2. The van der Waals surface area contributed by atoms with Crippen molar-refractivity contribution in [2.45, 2.75) is 19.1 Å². The number of esters is 1. The van der Waals surface area contributed by atoms with Crippen molar-refractivity contribution >= 4 is 23.6 Å². The average Bonchev–Trinajstić information content (AvgIpc) is 2.54. The third-order valence-corrected chi connectivity index (χ3v) is 4.54. The highest BCUT2D eigenvalue weighted by Gasteiger charge is 2.31. The summed E-state index contributed by atoms with van der Waals surface area (Å²) in [5, 5.41) is 0. The van der Waals surface area contributed by atoms with Crippen molar-refractivity contribution in [3.8, 4) is 5.75 Å². The molecule has 0 aliphatic carbocycles. The summed E-state index contributed by atoms with van der Waals surface area (Å²) in [6, 6.07) is 5.55. The number of hydrogen-bond donors (Lipinski definition) is 0. The second-order valence-electron chi connectivity index (χ2n) is 4.88. The molecule has 0 unspecified atom stereocenters. The molecule has 0 radical (unpaired) electrons. The van der Waals surface area contributed by atoms with Crippen LogP contribution < -0.4 is 4.74 Å². The summed E-state index contributed by atoms with van der Waals surface area (Å²) in [5.41, 5.74) is 0.0644. The Morgan fingerprint density at radius 1 is 1.39 bits per heavy atom. The van der Waals surface area contributed by atoms with Gasteiger partial charge in [0.2, 0.25) is 0 Å². The SMILES string of the molecule is COC(=O)C[C@H]1CSCCN1C(=O)c1ccccc1OC(F)F. The molecular weight excluding hydrogens is 328 g/mol. The van der Waals surface area contributed by atoms with Gasteiger partial charge in [-0.3, -0.25) is 9.59 Å². The Labute approximate surface area is 136 Å². The molecule has 5 nitrogen and oxygen atoms in total. The quantitative estimate of drug-likeness (QED) is 0.767. The number of methoxy groups -OCH3 is 1. The molecule has 0 aromatic heterocycles. The predicted molar refractivity (Wildman–Crippen MR) is 81.9 cm³/mol. The molecule has 1 aliphatic rings. The van der Waals surface area contributed by atoms with Gasteiger partial charge in [0.05, 0.1) is 25.1 Å². The Kier molecular flexibility index (Phi) is 6.20. The molecule has 0 N–H and O–H groups in total. The Balaban J connectivity index is 2.21. The highest BCUT2D eigenvalue weighted by atomic mass is 32.2. The van der Waals surface area contributed by atoms with Gasteiger partial charge < -0.3 is 14.4 Å². The lowest BCUT2D eigenvalue weighted by atomic mass is 10.1. The largest absolute Gasteiger partial charge is 0.469 e. The number of nitrogens with zero attached hydrogens (tertiary/aromatic N) is 1. The van der Waals surface area contributed by atoms with Crippen LogP contribution in [0.1, 0.15) is 16.8 Å². The van der Waals surface area contributed by atoms with Gasteiger partial charge in [-0.1, -0.05) is 12.1 Å². The van der Waals surface area contributed by atoms with Gasteiger partial charge in [0, 0.05) is 18.1 Å². The number of benzene rings is 1. The molecule has 23 heavy (non-hydrogen) atoms. The number of carbonyl (C=O) groups is 2. The van der Waals surface area contributed by atoms with E-state index >= 15 is 0 Å². The Hall–Kier alpha value is -1.83. The summed E-state index contributed by atoms with van der Waals surface area (Å²) >= 11 is 1.63. The normalized spacial score (nSPS) is 17.9. The first-order chi connectivity index (χ1) is 11.0. The van der Waals surface area contributed by atoms with Crippen LogP contribution in [0.2, 0.25) is 0 Å². The first kappa shape index (κ1) is 17.5. The summed E-state index contributed by atoms with van der Waals surface area (Å²) < 4.78 is 34.0. The molecule has 0 saturated carbocycles. The predicted octanol–water partition coefficient (Wildman–Crippen LogP) is 2.41. The summed E-state index contributed by atoms with van der Waals surface area (Å²) in [6.07, 6.45) is 0.0765. The Morgan fingerprint density at radius 3 is 2.83 bits per heavy atom. The maximum Gasteiger partial charge on any atom is 0.387 e. The highest BCUT2D eigenvalue weighted by Crippen LogP contribution is 2.26. The molecular formula is C15H17F2NO4S. The third-order valence-electron chi connectivity index (χ3n) is 3.45. The number of amides is 1. The van der Waals surface area contributed by atoms with Crippen LogP contribution in [0.3, 0.4) is 0 Å². The fourth-order valence-electron chi connectivity index (χ4n) is 2.36. The minimum absolute atomic E-state index is 0.0644. The van der Waals surface area contributed by atoms with Crippen LogP contribution in [-0.4, -0.2) is 54.6 Å². The molecule has 1 fully saturated rings. The standard InChI is InChI=1S/C15H17F2NO4S/c1-21-13(19)8-10-9-23-7-6-18(10)14(20)11-4-2-3-5-12(11)22-15(16)17/h2-5,10,15H,6-9H2,1H3/t10-/m0/s1. The van der Waals surface area contributed by atoms with Gasteiger partial charge in [-0.25, -0.2) is 0 Å². The van der Waals surface area contributed by atoms with Crippen molar-refractivity contribution < 1.29 is 27.8 Å². The molecule has 1 aliphatic heterocycles. The van der Waals surface area contributed by atoms with E-state index in [4.69, 9.17) is 0 Å². The zero-order valence-corrected chi connectivity index (χ0v) is 13.4. The number of ether oxygens (including phenoxy) is 2. The van der Waals surface area contributed by atoms with E-state index in [0.717, 1.165) is 5.75 Å². The molecule has 0 bridgehead atoms. The smallest absolute Gasteiger partial charge is 0.387 e. The van der Waals surface area contributed by atoms with E-state index in [2.05, 4.69) is 9.47 Å². The van der Waals surface area contributed by atoms with Crippen LogP contribution in [0, 0.1) is 0 Å². The molecule has 1 aromatic rings. The van der Waals surface area contributed by atoms with E-state index in [9.17, 15) is 18.4 Å². The van der Waals surface area contributed by atoms with Crippen LogP contribution in [0.15, 0.2) is 24.3 Å². The van der Waals surface area contributed by atoms with Gasteiger partial charge in [0.1, 0.15) is 5.75 Å². The average molecular weight is 345 g/mol. The summed E-state index contributed by atoms with van der Waals surface area (Å²) in [7, 11) is 1.29. The van der Waals surface area contributed by atoms with Crippen molar-refractivity contribution in [1.29, 1.82) is 0 Å². The van der Waals surface area contributed by atoms with Gasteiger partial charge in [-0.2, -0.15) is 20.5 Å². The lowest BCUT2D eigenvalue weighted by Crippen LogP contribution is -2.47. The number of alkyl halides is 2. The minimum Gasteiger partial charge on any atom is -0.469 e. The van der Waals surface area contributed by atoms with Gasteiger partial charge in [-0.15, -0.1) is 0 Å². The number of thioether (sulfide) groups is 1. The van der Waals surface area contributed by atoms with Crippen molar-refractivity contribution in [2.24, 2.45) is 0 Å². The molecule has 1 aromatic carbocycles. The Bertz CT molecular complexity index is 570. The highest BCUT2D eigenvalue weighted by molar-refractivity contribution is 7.99. The lowest BCUT2D eigenvalue weighted by Gasteiger charge is -2.35. The van der Waals surface area contributed by atoms with E-state index in [1.54, 1.807) is 17.8 Å². The summed E-state index contributed by atoms with van der Waals surface area (Å²) in [6.45, 7) is -2.57. The Morgan fingerprint density at radius 2 is 2.13 bits per heavy atom. The van der Waals surface area contributed by atoms with E-state index < -0.39 is 18.5 Å². The second kappa shape index (κ2) is 8.14. The molecule has 0 spiro atoms. The monoisotopic (exact) mass is 345 g/mol. The van der Waals surface area contributed by atoms with E-state index in [1.807, 2.05) is 0 Å². The maximum atomic E-state index is 12.7.